The van der Waals surface area contributed by atoms with Crippen molar-refractivity contribution in [3.8, 4) is 23.9 Å². The molecule has 2 saturated heterocycles. The molecule has 2 heterocycles. The van der Waals surface area contributed by atoms with Crippen molar-refractivity contribution < 1.29 is 42.7 Å². The molecule has 0 aliphatic carbocycles. The van der Waals surface area contributed by atoms with Crippen molar-refractivity contribution in [1.29, 1.82) is 0 Å². The Hall–Kier alpha value is -7.11. The Kier molecular flexibility index (Phi) is 19.9. The second-order valence-electron chi connectivity index (χ2n) is 16.5. The van der Waals surface area contributed by atoms with E-state index in [4.69, 9.17) is 28.4 Å². The number of hydrogen-bond donors (Lipinski definition) is 0. The van der Waals surface area contributed by atoms with Gasteiger partial charge in [-0.15, -0.1) is 0 Å². The van der Waals surface area contributed by atoms with Crippen LogP contribution in [0.5, 0.6) is 0 Å². The molecule has 372 valence electrons. The third kappa shape index (κ3) is 14.3. The molecule has 2 aliphatic heterocycles. The number of carbonyl (C=O) groups excluding carboxylic acids is 2. The SMILES string of the molecule is BrP(Cc1ccc(C2OCCO2)cc1)(c1ccccc1)(c1ccccc1)c1ccccc1.CCOC(=O)c1ccc(C#CC=Cc2ccc(C3OCCO3)cc2)cc1.CCOC(=O)c1ccc(C#COC)cc1. The van der Waals surface area contributed by atoms with Crippen LogP contribution in [0, 0.1) is 23.9 Å². The minimum Gasteiger partial charge on any atom is -0.462 e. The van der Waals surface area contributed by atoms with Crippen LogP contribution in [0.15, 0.2) is 194 Å². The summed E-state index contributed by atoms with van der Waals surface area (Å²) >= 11 is 4.52. The smallest absolute Gasteiger partial charge is 0.338 e. The second-order valence-corrected chi connectivity index (χ2v) is 25.5. The molecule has 2 aliphatic rings. The summed E-state index contributed by atoms with van der Waals surface area (Å²) in [6, 6.07) is 63.3. The minimum atomic E-state index is -2.98. The van der Waals surface area contributed by atoms with E-state index in [1.54, 1.807) is 56.3 Å². The van der Waals surface area contributed by atoms with Crippen LogP contribution in [0.4, 0.5) is 0 Å². The van der Waals surface area contributed by atoms with Crippen LogP contribution >= 0.6 is 20.8 Å². The number of halogens is 1. The third-order valence-corrected chi connectivity index (χ3v) is 21.3. The quantitative estimate of drug-likeness (QED) is 0.0673. The Bertz CT molecular complexity index is 2890. The fraction of sp³-hybridized carbons (Fsp3) is 0.194. The molecular weight excluding hydrogens is 1000 g/mol. The fourth-order valence-corrected chi connectivity index (χ4v) is 15.8. The summed E-state index contributed by atoms with van der Waals surface area (Å²) in [6.45, 7) is 6.90. The van der Waals surface area contributed by atoms with E-state index in [9.17, 15) is 9.59 Å². The zero-order valence-electron chi connectivity index (χ0n) is 41.2. The van der Waals surface area contributed by atoms with Gasteiger partial charge in [-0.2, -0.15) is 0 Å². The van der Waals surface area contributed by atoms with E-state index in [1.807, 2.05) is 42.5 Å². The maximum absolute atomic E-state index is 11.6. The topological polar surface area (TPSA) is 98.8 Å². The average Bonchev–Trinajstić information content (AvgIpc) is 4.21. The van der Waals surface area contributed by atoms with Gasteiger partial charge >= 0.3 is 210 Å². The van der Waals surface area contributed by atoms with Crippen molar-refractivity contribution in [3.63, 3.8) is 0 Å². The largest absolute Gasteiger partial charge is 0.462 e. The fourth-order valence-electron chi connectivity index (χ4n) is 8.11. The molecule has 2 fully saturated rings. The van der Waals surface area contributed by atoms with Crippen LogP contribution in [0.2, 0.25) is 0 Å². The predicted octanol–water partition coefficient (Wildman–Crippen LogP) is 11.9. The summed E-state index contributed by atoms with van der Waals surface area (Å²) in [6.07, 6.45) is 6.60. The van der Waals surface area contributed by atoms with E-state index < -0.39 is 5.31 Å². The molecule has 0 aromatic heterocycles. The molecule has 9 rings (SSSR count). The van der Waals surface area contributed by atoms with Gasteiger partial charge in [0.1, 0.15) is 6.11 Å². The molecule has 7 aromatic rings. The van der Waals surface area contributed by atoms with E-state index in [0.717, 1.165) is 34.0 Å². The van der Waals surface area contributed by atoms with Crippen LogP contribution in [-0.2, 0) is 39.3 Å². The number of esters is 2. The monoisotopic (exact) mass is 1060 g/mol. The van der Waals surface area contributed by atoms with E-state index in [2.05, 4.69) is 159 Å². The van der Waals surface area contributed by atoms with E-state index in [0.29, 0.717) is 50.8 Å². The van der Waals surface area contributed by atoms with Gasteiger partial charge in [0.05, 0.1) is 44.7 Å². The van der Waals surface area contributed by atoms with Crippen molar-refractivity contribution in [3.05, 3.63) is 239 Å². The number of carbonyl (C=O) groups is 2. The summed E-state index contributed by atoms with van der Waals surface area (Å²) in [4.78, 5) is 22.9. The zero-order valence-corrected chi connectivity index (χ0v) is 43.6. The first-order valence-electron chi connectivity index (χ1n) is 24.0. The van der Waals surface area contributed by atoms with Crippen molar-refractivity contribution in [2.24, 2.45) is 0 Å². The summed E-state index contributed by atoms with van der Waals surface area (Å²) in [5.41, 5.74) is 7.12. The molecule has 0 saturated carbocycles. The van der Waals surface area contributed by atoms with Gasteiger partial charge in [0.25, 0.3) is 0 Å². The third-order valence-electron chi connectivity index (χ3n) is 11.7. The molecule has 0 atom stereocenters. The Labute approximate surface area is 437 Å². The molecule has 7 aromatic carbocycles. The van der Waals surface area contributed by atoms with Gasteiger partial charge < -0.3 is 23.7 Å². The Morgan fingerprint density at radius 2 is 0.945 bits per heavy atom. The molecule has 0 bridgehead atoms. The molecule has 0 spiro atoms. The number of ether oxygens (including phenoxy) is 7. The van der Waals surface area contributed by atoms with Gasteiger partial charge in [0.2, 0.25) is 0 Å². The zero-order chi connectivity index (χ0) is 51.2. The van der Waals surface area contributed by atoms with Crippen LogP contribution in [0.25, 0.3) is 6.08 Å². The maximum Gasteiger partial charge on any atom is 0.338 e. The van der Waals surface area contributed by atoms with Crippen molar-refractivity contribution in [2.75, 3.05) is 46.8 Å². The van der Waals surface area contributed by atoms with Crippen LogP contribution in [0.1, 0.15) is 80.5 Å². The summed E-state index contributed by atoms with van der Waals surface area (Å²) in [5.74, 6) is 8.17. The second kappa shape index (κ2) is 27.1. The molecule has 9 nitrogen and oxygen atoms in total. The van der Waals surface area contributed by atoms with Crippen molar-refractivity contribution >= 4 is 54.7 Å². The van der Waals surface area contributed by atoms with Crippen LogP contribution < -0.4 is 15.9 Å². The first kappa shape index (κ1) is 53.7. The Morgan fingerprint density at radius 3 is 1.34 bits per heavy atom. The number of methoxy groups -OCH3 is 1. The number of benzene rings is 7. The van der Waals surface area contributed by atoms with Crippen LogP contribution in [0.3, 0.4) is 0 Å². The Morgan fingerprint density at radius 1 is 0.548 bits per heavy atom. The molecule has 0 N–H and O–H groups in total. The molecule has 11 heteroatoms. The molecular formula is C62H58BrO9P. The van der Waals surface area contributed by atoms with Gasteiger partial charge in [0, 0.05) is 16.7 Å². The standard InChI is InChI=1S/C28H26BrO2P.C22H20O4.C12H12O3/c29-32(25-10-4-1-5-11-25,26-12-6-2-7-13-26,27-14-8-3-9-15-27)22-23-16-18-24(19-17-23)28-30-20-21-31-28;1-2-24-21(23)19-11-7-17(8-12-19)5-3-4-6-18-9-13-20(14-10-18)22-25-15-16-26-22;1-3-15-12(13)11-6-4-10(5-7-11)8-9-14-2/h1-19,28H,20-22H2;4,6-14,22H,2,15-16H2,1H3;4-7H,3H2,1-2H3. The summed E-state index contributed by atoms with van der Waals surface area (Å²) in [7, 11) is 1.50. The normalized spacial score (nSPS) is 13.8. The van der Waals surface area contributed by atoms with E-state index in [1.165, 1.54) is 28.6 Å². The van der Waals surface area contributed by atoms with Gasteiger partial charge in [-0.3, -0.25) is 0 Å². The Balaban J connectivity index is 0.000000171. The molecule has 73 heavy (non-hydrogen) atoms. The van der Waals surface area contributed by atoms with Crippen LogP contribution in [-0.4, -0.2) is 58.7 Å². The maximum atomic E-state index is 11.6. The first-order chi connectivity index (χ1) is 35.7. The van der Waals surface area contributed by atoms with Gasteiger partial charge in [-0.25, -0.2) is 9.59 Å². The van der Waals surface area contributed by atoms with E-state index >= 15 is 0 Å². The predicted molar refractivity (Wildman–Crippen MR) is 295 cm³/mol. The molecule has 0 radical (unpaired) electrons. The van der Waals surface area contributed by atoms with Crippen molar-refractivity contribution in [1.82, 2.24) is 0 Å². The number of rotatable bonds is 12. The van der Waals surface area contributed by atoms with Gasteiger partial charge in [-0.05, 0) is 86.0 Å². The summed E-state index contributed by atoms with van der Waals surface area (Å²) < 4.78 is 36.7. The van der Waals surface area contributed by atoms with Gasteiger partial charge in [-0.1, -0.05) is 36.1 Å². The summed E-state index contributed by atoms with van der Waals surface area (Å²) in [5, 5.41) is 0.984. The first-order valence-corrected chi connectivity index (χ1v) is 28.5. The van der Waals surface area contributed by atoms with Crippen molar-refractivity contribution in [2.45, 2.75) is 32.6 Å². The molecule has 0 unspecified atom stereocenters. The average molecular weight is 1060 g/mol. The minimum absolute atomic E-state index is 0.245. The molecule has 0 amide bonds. The van der Waals surface area contributed by atoms with Gasteiger partial charge in [0.15, 0.2) is 6.29 Å². The number of allylic oxidation sites excluding steroid dienone is 1. The number of hydrogen-bond acceptors (Lipinski definition) is 9. The van der Waals surface area contributed by atoms with E-state index in [-0.39, 0.29) is 24.5 Å².